The lowest BCUT2D eigenvalue weighted by molar-refractivity contribution is 0.102. The van der Waals surface area contributed by atoms with Gasteiger partial charge >= 0.3 is 0 Å². The van der Waals surface area contributed by atoms with E-state index in [0.717, 1.165) is 11.8 Å². The fraction of sp³-hybridized carbons (Fsp3) is 0.250. The number of carbonyl (C=O) groups excluding carboxylic acids is 1. The zero-order chi connectivity index (χ0) is 20.8. The lowest BCUT2D eigenvalue weighted by Gasteiger charge is -2.10. The van der Waals surface area contributed by atoms with Gasteiger partial charge in [0, 0.05) is 5.56 Å². The van der Waals surface area contributed by atoms with Crippen molar-refractivity contribution < 1.29 is 27.8 Å². The van der Waals surface area contributed by atoms with E-state index in [1.807, 2.05) is 0 Å². The highest BCUT2D eigenvalue weighted by Crippen LogP contribution is 2.29. The molecule has 3 aromatic rings. The van der Waals surface area contributed by atoms with Crippen molar-refractivity contribution in [2.24, 2.45) is 0 Å². The first kappa shape index (κ1) is 20.7. The third-order valence-corrected chi connectivity index (χ3v) is 4.75. The van der Waals surface area contributed by atoms with Crippen molar-refractivity contribution >= 4 is 17.5 Å². The summed E-state index contributed by atoms with van der Waals surface area (Å²) < 4.78 is 34.5. The van der Waals surface area contributed by atoms with Crippen molar-refractivity contribution in [1.29, 1.82) is 0 Å². The van der Waals surface area contributed by atoms with Gasteiger partial charge in [-0.15, -0.1) is 10.2 Å². The Bertz CT molecular complexity index is 977. The normalized spacial score (nSPS) is 11.7. The third kappa shape index (κ3) is 5.26. The molecule has 0 fully saturated rings. The van der Waals surface area contributed by atoms with E-state index in [2.05, 4.69) is 10.2 Å². The van der Waals surface area contributed by atoms with E-state index in [4.69, 9.17) is 18.6 Å². The zero-order valence-corrected chi connectivity index (χ0v) is 16.9. The second-order valence-corrected chi connectivity index (χ2v) is 6.83. The Morgan fingerprint density at radius 3 is 2.52 bits per heavy atom. The molecule has 0 aliphatic heterocycles. The summed E-state index contributed by atoms with van der Waals surface area (Å²) in [4.78, 5) is 12.4. The molecular weight excluding hydrogens is 399 g/mol. The van der Waals surface area contributed by atoms with E-state index >= 15 is 0 Å². The van der Waals surface area contributed by atoms with Crippen LogP contribution in [-0.2, 0) is 0 Å². The van der Waals surface area contributed by atoms with Crippen molar-refractivity contribution in [1.82, 2.24) is 10.2 Å². The summed E-state index contributed by atoms with van der Waals surface area (Å²) in [6.45, 7) is 1.74. The first-order chi connectivity index (χ1) is 14.0. The summed E-state index contributed by atoms with van der Waals surface area (Å²) in [6, 6.07) is 10.6. The summed E-state index contributed by atoms with van der Waals surface area (Å²) in [5, 5.41) is 8.13. The van der Waals surface area contributed by atoms with Gasteiger partial charge in [-0.2, -0.15) is 0 Å². The molecule has 0 aliphatic rings. The monoisotopic (exact) mass is 418 g/mol. The largest absolute Gasteiger partial charge is 0.493 e. The molecule has 0 spiro atoms. The maximum Gasteiger partial charge on any atom is 0.277 e. The Balaban J connectivity index is 1.58. The van der Waals surface area contributed by atoms with Crippen LogP contribution in [0.5, 0.6) is 17.2 Å². The highest BCUT2D eigenvalue weighted by molar-refractivity contribution is 7.99. The molecule has 3 rings (SSSR count). The number of carbonyl (C=O) groups is 1. The number of nitrogens with zero attached hydrogens (tertiary/aromatic N) is 2. The molecule has 0 aliphatic carbocycles. The van der Waals surface area contributed by atoms with Crippen LogP contribution in [-0.4, -0.2) is 36.0 Å². The molecule has 7 nitrogen and oxygen atoms in total. The standard InChI is InChI=1S/C20H19FN2O5S/c1-12(27-15-7-5-14(21)6-8-15)19-22-23-20(28-19)29-11-16(24)13-4-9-17(25-2)18(10-13)26-3/h4-10,12H,11H2,1-3H3/t12-/m0/s1. The van der Waals surface area contributed by atoms with Gasteiger partial charge in [0.05, 0.1) is 20.0 Å². The molecule has 0 N–H and O–H groups in total. The summed E-state index contributed by atoms with van der Waals surface area (Å²) in [5.41, 5.74) is 0.489. The molecule has 9 heteroatoms. The molecule has 0 radical (unpaired) electrons. The summed E-state index contributed by atoms with van der Waals surface area (Å²) in [6.07, 6.45) is -0.524. The molecule has 0 saturated carbocycles. The van der Waals surface area contributed by atoms with Gasteiger partial charge in [0.1, 0.15) is 11.6 Å². The number of hydrogen-bond acceptors (Lipinski definition) is 8. The molecule has 0 bridgehead atoms. The molecule has 0 amide bonds. The Morgan fingerprint density at radius 2 is 1.83 bits per heavy atom. The van der Waals surface area contributed by atoms with Crippen LogP contribution in [0.4, 0.5) is 4.39 Å². The van der Waals surface area contributed by atoms with Crippen molar-refractivity contribution in [3.05, 3.63) is 59.7 Å². The zero-order valence-electron chi connectivity index (χ0n) is 16.0. The van der Waals surface area contributed by atoms with E-state index in [1.165, 1.54) is 38.5 Å². The average molecular weight is 418 g/mol. The second-order valence-electron chi connectivity index (χ2n) is 5.90. The van der Waals surface area contributed by atoms with Crippen molar-refractivity contribution in [2.45, 2.75) is 18.3 Å². The van der Waals surface area contributed by atoms with Crippen LogP contribution in [0.2, 0.25) is 0 Å². The average Bonchev–Trinajstić information content (AvgIpc) is 3.22. The number of aromatic nitrogens is 2. The molecule has 0 unspecified atom stereocenters. The lowest BCUT2D eigenvalue weighted by atomic mass is 10.1. The Hall–Kier alpha value is -3.07. The molecule has 2 aromatic carbocycles. The fourth-order valence-electron chi connectivity index (χ4n) is 2.43. The lowest BCUT2D eigenvalue weighted by Crippen LogP contribution is -2.03. The second kappa shape index (κ2) is 9.42. The minimum atomic E-state index is -0.524. The third-order valence-electron chi connectivity index (χ3n) is 3.93. The van der Waals surface area contributed by atoms with Crippen LogP contribution in [0.3, 0.4) is 0 Å². The van der Waals surface area contributed by atoms with E-state index < -0.39 is 6.10 Å². The highest BCUT2D eigenvalue weighted by atomic mass is 32.2. The van der Waals surface area contributed by atoms with Crippen LogP contribution in [0.15, 0.2) is 52.1 Å². The van der Waals surface area contributed by atoms with Crippen LogP contribution >= 0.6 is 11.8 Å². The van der Waals surface area contributed by atoms with Gasteiger partial charge in [-0.25, -0.2) is 4.39 Å². The van der Waals surface area contributed by atoms with Gasteiger partial charge in [0.25, 0.3) is 11.1 Å². The van der Waals surface area contributed by atoms with Gasteiger partial charge in [0.2, 0.25) is 0 Å². The molecule has 1 aromatic heterocycles. The van der Waals surface area contributed by atoms with Crippen LogP contribution in [0.1, 0.15) is 29.3 Å². The van der Waals surface area contributed by atoms with Crippen LogP contribution in [0.25, 0.3) is 0 Å². The number of methoxy groups -OCH3 is 2. The Kier molecular flexibility index (Phi) is 6.71. The number of benzene rings is 2. The minimum Gasteiger partial charge on any atom is -0.493 e. The smallest absolute Gasteiger partial charge is 0.277 e. The SMILES string of the molecule is COc1ccc(C(=O)CSc2nnc([C@H](C)Oc3ccc(F)cc3)o2)cc1OC. The van der Waals surface area contributed by atoms with E-state index in [-0.39, 0.29) is 28.5 Å². The van der Waals surface area contributed by atoms with Gasteiger partial charge in [0.15, 0.2) is 23.4 Å². The predicted molar refractivity (Wildman–Crippen MR) is 104 cm³/mol. The van der Waals surface area contributed by atoms with Crippen LogP contribution < -0.4 is 14.2 Å². The number of ether oxygens (including phenoxy) is 3. The van der Waals surface area contributed by atoms with Gasteiger partial charge in [-0.3, -0.25) is 4.79 Å². The van der Waals surface area contributed by atoms with Crippen LogP contribution in [0, 0.1) is 5.82 Å². The molecule has 152 valence electrons. The van der Waals surface area contributed by atoms with Gasteiger partial charge < -0.3 is 18.6 Å². The maximum atomic E-state index is 13.0. The van der Waals surface area contributed by atoms with E-state index in [1.54, 1.807) is 25.1 Å². The number of rotatable bonds is 9. The number of halogens is 1. The predicted octanol–water partition coefficient (Wildman–Crippen LogP) is 4.34. The number of thioether (sulfide) groups is 1. The molecule has 29 heavy (non-hydrogen) atoms. The van der Waals surface area contributed by atoms with Crippen molar-refractivity contribution in [3.63, 3.8) is 0 Å². The van der Waals surface area contributed by atoms with Gasteiger partial charge in [-0.05, 0) is 49.4 Å². The van der Waals surface area contributed by atoms with Crippen molar-refractivity contribution in [2.75, 3.05) is 20.0 Å². The summed E-state index contributed by atoms with van der Waals surface area (Å²) in [5.74, 6) is 1.42. The molecule has 1 atom stereocenters. The number of hydrogen-bond donors (Lipinski definition) is 0. The Morgan fingerprint density at radius 1 is 1.10 bits per heavy atom. The number of ketones is 1. The first-order valence-electron chi connectivity index (χ1n) is 8.63. The Labute approximate surface area is 171 Å². The molecular formula is C20H19FN2O5S. The van der Waals surface area contributed by atoms with E-state index in [9.17, 15) is 9.18 Å². The maximum absolute atomic E-state index is 13.0. The quantitative estimate of drug-likeness (QED) is 0.375. The van der Waals surface area contributed by atoms with E-state index in [0.29, 0.717) is 22.8 Å². The topological polar surface area (TPSA) is 83.7 Å². The molecule has 1 heterocycles. The number of Topliss-reactive ketones (excluding diaryl/α,β-unsaturated/α-hetero) is 1. The fourth-order valence-corrected chi connectivity index (χ4v) is 3.10. The van der Waals surface area contributed by atoms with Crippen molar-refractivity contribution in [3.8, 4) is 17.2 Å². The van der Waals surface area contributed by atoms with Gasteiger partial charge in [-0.1, -0.05) is 11.8 Å². The summed E-state index contributed by atoms with van der Waals surface area (Å²) in [7, 11) is 3.04. The minimum absolute atomic E-state index is 0.115. The highest BCUT2D eigenvalue weighted by Gasteiger charge is 2.18. The summed E-state index contributed by atoms with van der Waals surface area (Å²) >= 11 is 1.13. The molecule has 0 saturated heterocycles. The first-order valence-corrected chi connectivity index (χ1v) is 9.62.